The fourth-order valence-electron chi connectivity index (χ4n) is 3.25. The average molecular weight is 355 g/mol. The van der Waals surface area contributed by atoms with Gasteiger partial charge in [-0.05, 0) is 36.0 Å². The number of anilines is 1. The van der Waals surface area contributed by atoms with Gasteiger partial charge in [0, 0.05) is 31.2 Å². The van der Waals surface area contributed by atoms with Crippen LogP contribution in [-0.2, 0) is 21.2 Å². The summed E-state index contributed by atoms with van der Waals surface area (Å²) in [6.45, 7) is 4.36. The van der Waals surface area contributed by atoms with Gasteiger partial charge in [0.25, 0.3) is 0 Å². The SMILES string of the molecule is CC1(C)CN(S(=O)(=O)c2cc3c(cc2F)NC(=O)CC3)CCC1N. The fraction of sp³-hybridized carbons (Fsp3) is 0.562. The van der Waals surface area contributed by atoms with Crippen LogP contribution < -0.4 is 11.1 Å². The van der Waals surface area contributed by atoms with Crippen LogP contribution >= 0.6 is 0 Å². The second kappa shape index (κ2) is 5.79. The van der Waals surface area contributed by atoms with Crippen LogP contribution in [0.2, 0.25) is 0 Å². The molecule has 24 heavy (non-hydrogen) atoms. The third-order valence-corrected chi connectivity index (χ3v) is 6.81. The summed E-state index contributed by atoms with van der Waals surface area (Å²) in [6, 6.07) is 2.36. The summed E-state index contributed by atoms with van der Waals surface area (Å²) in [5.41, 5.74) is 6.68. The number of nitrogens with zero attached hydrogens (tertiary/aromatic N) is 1. The van der Waals surface area contributed by atoms with Crippen LogP contribution in [0.5, 0.6) is 0 Å². The molecule has 1 atom stereocenters. The summed E-state index contributed by atoms with van der Waals surface area (Å²) in [5, 5.41) is 2.57. The monoisotopic (exact) mass is 355 g/mol. The average Bonchev–Trinajstić information content (AvgIpc) is 2.48. The first kappa shape index (κ1) is 17.3. The Kier molecular flexibility index (Phi) is 4.17. The van der Waals surface area contributed by atoms with E-state index in [1.807, 2.05) is 13.8 Å². The maximum absolute atomic E-state index is 14.4. The van der Waals surface area contributed by atoms with Crippen LogP contribution in [0.1, 0.15) is 32.3 Å². The number of amides is 1. The fourth-order valence-corrected chi connectivity index (χ4v) is 4.97. The second-order valence-electron chi connectivity index (χ2n) is 7.21. The van der Waals surface area contributed by atoms with E-state index in [4.69, 9.17) is 5.73 Å². The molecule has 132 valence electrons. The van der Waals surface area contributed by atoms with Crippen molar-refractivity contribution in [2.24, 2.45) is 11.1 Å². The summed E-state index contributed by atoms with van der Waals surface area (Å²) >= 11 is 0. The minimum Gasteiger partial charge on any atom is -0.327 e. The lowest BCUT2D eigenvalue weighted by atomic mass is 9.81. The maximum atomic E-state index is 14.4. The van der Waals surface area contributed by atoms with Crippen molar-refractivity contribution in [3.63, 3.8) is 0 Å². The van der Waals surface area contributed by atoms with E-state index in [-0.39, 0.29) is 41.8 Å². The van der Waals surface area contributed by atoms with Crippen LogP contribution in [0.15, 0.2) is 17.0 Å². The van der Waals surface area contributed by atoms with Gasteiger partial charge in [0.2, 0.25) is 15.9 Å². The largest absolute Gasteiger partial charge is 0.327 e. The zero-order valence-electron chi connectivity index (χ0n) is 13.8. The number of hydrogen-bond donors (Lipinski definition) is 2. The molecule has 0 aromatic heterocycles. The highest BCUT2D eigenvalue weighted by Crippen LogP contribution is 2.34. The topological polar surface area (TPSA) is 92.5 Å². The Hall–Kier alpha value is -1.51. The van der Waals surface area contributed by atoms with Crippen molar-refractivity contribution in [2.75, 3.05) is 18.4 Å². The molecular formula is C16H22FN3O3S. The molecule has 1 amide bonds. The standard InChI is InChI=1S/C16H22FN3O3S/c1-16(2)9-20(6-5-14(16)18)24(22,23)13-7-10-3-4-15(21)19-12(10)8-11(13)17/h7-8,14H,3-6,9,18H2,1-2H3,(H,19,21). The van der Waals surface area contributed by atoms with Crippen molar-refractivity contribution < 1.29 is 17.6 Å². The molecule has 1 saturated heterocycles. The summed E-state index contributed by atoms with van der Waals surface area (Å²) < 4.78 is 41.6. The van der Waals surface area contributed by atoms with Crippen molar-refractivity contribution >= 4 is 21.6 Å². The quantitative estimate of drug-likeness (QED) is 0.840. The number of aryl methyl sites for hydroxylation is 1. The third kappa shape index (κ3) is 2.94. The van der Waals surface area contributed by atoms with Gasteiger partial charge in [-0.25, -0.2) is 12.8 Å². The molecule has 3 N–H and O–H groups in total. The Morgan fingerprint density at radius 3 is 2.71 bits per heavy atom. The Balaban J connectivity index is 1.97. The summed E-state index contributed by atoms with van der Waals surface area (Å²) in [5.74, 6) is -1.03. The zero-order valence-corrected chi connectivity index (χ0v) is 14.6. The van der Waals surface area contributed by atoms with Gasteiger partial charge in [-0.1, -0.05) is 13.8 Å². The number of piperidine rings is 1. The van der Waals surface area contributed by atoms with Crippen molar-refractivity contribution in [1.29, 1.82) is 0 Å². The highest BCUT2D eigenvalue weighted by Gasteiger charge is 2.40. The molecule has 0 spiro atoms. The predicted molar refractivity (Wildman–Crippen MR) is 88.5 cm³/mol. The smallest absolute Gasteiger partial charge is 0.246 e. The maximum Gasteiger partial charge on any atom is 0.246 e. The van der Waals surface area contributed by atoms with Gasteiger partial charge in [-0.2, -0.15) is 4.31 Å². The number of nitrogens with two attached hydrogens (primary N) is 1. The normalized spacial score (nSPS) is 24.3. The Labute approximate surface area is 141 Å². The van der Waals surface area contributed by atoms with Crippen LogP contribution in [-0.4, -0.2) is 37.8 Å². The van der Waals surface area contributed by atoms with Crippen molar-refractivity contribution in [2.45, 2.75) is 44.0 Å². The first-order valence-corrected chi connectivity index (χ1v) is 9.43. The number of sulfonamides is 1. The van der Waals surface area contributed by atoms with Gasteiger partial charge < -0.3 is 11.1 Å². The molecule has 1 aromatic carbocycles. The van der Waals surface area contributed by atoms with E-state index in [0.717, 1.165) is 6.07 Å². The lowest BCUT2D eigenvalue weighted by molar-refractivity contribution is -0.116. The lowest BCUT2D eigenvalue weighted by Gasteiger charge is -2.41. The summed E-state index contributed by atoms with van der Waals surface area (Å²) in [6.07, 6.45) is 1.21. The minimum atomic E-state index is -3.94. The first-order chi connectivity index (χ1) is 11.1. The van der Waals surface area contributed by atoms with Crippen LogP contribution in [0.3, 0.4) is 0 Å². The van der Waals surface area contributed by atoms with E-state index < -0.39 is 15.8 Å². The second-order valence-corrected chi connectivity index (χ2v) is 9.12. The number of rotatable bonds is 2. The van der Waals surface area contributed by atoms with Gasteiger partial charge >= 0.3 is 0 Å². The Bertz CT molecular complexity index is 792. The number of carbonyl (C=O) groups is 1. The molecule has 8 heteroatoms. The molecule has 1 unspecified atom stereocenters. The van der Waals surface area contributed by atoms with Gasteiger partial charge in [-0.3, -0.25) is 4.79 Å². The number of benzene rings is 1. The van der Waals surface area contributed by atoms with Crippen molar-refractivity contribution in [3.8, 4) is 0 Å². The first-order valence-electron chi connectivity index (χ1n) is 7.99. The van der Waals surface area contributed by atoms with Crippen LogP contribution in [0.4, 0.5) is 10.1 Å². The minimum absolute atomic E-state index is 0.0902. The number of hydrogen-bond acceptors (Lipinski definition) is 4. The number of nitrogens with one attached hydrogen (secondary N) is 1. The van der Waals surface area contributed by atoms with Gasteiger partial charge in [-0.15, -0.1) is 0 Å². The summed E-state index contributed by atoms with van der Waals surface area (Å²) in [7, 11) is -3.94. The third-order valence-electron chi connectivity index (χ3n) is 4.95. The molecule has 1 aromatic rings. The van der Waals surface area contributed by atoms with E-state index in [9.17, 15) is 17.6 Å². The molecular weight excluding hydrogens is 333 g/mol. The highest BCUT2D eigenvalue weighted by atomic mass is 32.2. The molecule has 0 saturated carbocycles. The van der Waals surface area contributed by atoms with E-state index >= 15 is 0 Å². The molecule has 0 aliphatic carbocycles. The number of carbonyl (C=O) groups excluding carboxylic acids is 1. The van der Waals surface area contributed by atoms with Gasteiger partial charge in [0.15, 0.2) is 0 Å². The highest BCUT2D eigenvalue weighted by molar-refractivity contribution is 7.89. The van der Waals surface area contributed by atoms with Gasteiger partial charge in [0.05, 0.1) is 0 Å². The lowest BCUT2D eigenvalue weighted by Crippen LogP contribution is -2.53. The van der Waals surface area contributed by atoms with Gasteiger partial charge in [0.1, 0.15) is 10.7 Å². The summed E-state index contributed by atoms with van der Waals surface area (Å²) in [4.78, 5) is 11.1. The van der Waals surface area contributed by atoms with Crippen LogP contribution in [0, 0.1) is 11.2 Å². The van der Waals surface area contributed by atoms with E-state index in [0.29, 0.717) is 24.1 Å². The van der Waals surface area contributed by atoms with E-state index in [1.165, 1.54) is 10.4 Å². The molecule has 3 rings (SSSR count). The molecule has 2 aliphatic rings. The van der Waals surface area contributed by atoms with Crippen molar-refractivity contribution in [1.82, 2.24) is 4.31 Å². The zero-order chi connectivity index (χ0) is 17.7. The van der Waals surface area contributed by atoms with Crippen molar-refractivity contribution in [3.05, 3.63) is 23.5 Å². The molecule has 6 nitrogen and oxygen atoms in total. The molecule has 0 radical (unpaired) electrons. The predicted octanol–water partition coefficient (Wildman–Crippen LogP) is 1.46. The van der Waals surface area contributed by atoms with Crippen LogP contribution in [0.25, 0.3) is 0 Å². The number of fused-ring (bicyclic) bond motifs is 1. The Morgan fingerprint density at radius 1 is 1.33 bits per heavy atom. The molecule has 2 heterocycles. The number of halogens is 1. The Morgan fingerprint density at radius 2 is 2.04 bits per heavy atom. The molecule has 2 aliphatic heterocycles. The van der Waals surface area contributed by atoms with E-state index in [1.54, 1.807) is 0 Å². The molecule has 1 fully saturated rings. The van der Waals surface area contributed by atoms with E-state index in [2.05, 4.69) is 5.32 Å². The molecule has 0 bridgehead atoms.